The van der Waals surface area contributed by atoms with Crippen LogP contribution in [0.2, 0.25) is 0 Å². The van der Waals surface area contributed by atoms with Crippen LogP contribution >= 0.6 is 0 Å². The van der Waals surface area contributed by atoms with Gasteiger partial charge in [-0.3, -0.25) is 0 Å². The SMILES string of the molecule is CCc1cccc(C)c1N(c1ccc(/C=C/C=C/C=C/c2ccc(N(c3ccc(/C=C/c4ccc(/C=C/c5ccccc5)cc4)cc3)c3c(C)cccc3CC)cc2)cc1)c1ccc(/C=C/c2ccc(/C=C/c3ccccc3)cc2)cc1. The molecule has 10 aromatic rings. The van der Waals surface area contributed by atoms with Crippen molar-refractivity contribution in [2.75, 3.05) is 9.80 Å². The Hall–Kier alpha value is -10.0. The van der Waals surface area contributed by atoms with Crippen LogP contribution < -0.4 is 9.80 Å². The summed E-state index contributed by atoms with van der Waals surface area (Å²) in [5, 5.41) is 0. The first-order valence-corrected chi connectivity index (χ1v) is 28.6. The van der Waals surface area contributed by atoms with Crippen LogP contribution in [-0.2, 0) is 12.8 Å². The highest BCUT2D eigenvalue weighted by molar-refractivity contribution is 5.84. The molecule has 0 aromatic heterocycles. The third-order valence-electron chi connectivity index (χ3n) is 14.7. The van der Waals surface area contributed by atoms with Gasteiger partial charge in [-0.25, -0.2) is 0 Å². The monoisotopic (exact) mass is 1060 g/mol. The molecule has 0 aliphatic rings. The molecule has 0 N–H and O–H groups in total. The number of allylic oxidation sites excluding steroid dienone is 4. The summed E-state index contributed by atoms with van der Waals surface area (Å²) in [6.45, 7) is 8.90. The van der Waals surface area contributed by atoms with Crippen molar-refractivity contribution in [2.45, 2.75) is 40.5 Å². The number of hydrogen-bond acceptors (Lipinski definition) is 2. The van der Waals surface area contributed by atoms with Gasteiger partial charge in [-0.05, 0) is 153 Å². The minimum atomic E-state index is 0.940. The van der Waals surface area contributed by atoms with E-state index in [0.29, 0.717) is 0 Å². The highest BCUT2D eigenvalue weighted by Gasteiger charge is 2.19. The van der Waals surface area contributed by atoms with Gasteiger partial charge in [0.15, 0.2) is 0 Å². The van der Waals surface area contributed by atoms with Crippen LogP contribution in [0.1, 0.15) is 91.7 Å². The van der Waals surface area contributed by atoms with Gasteiger partial charge in [0.2, 0.25) is 0 Å². The van der Waals surface area contributed by atoms with E-state index < -0.39 is 0 Å². The molecule has 0 atom stereocenters. The van der Waals surface area contributed by atoms with Crippen molar-refractivity contribution in [1.82, 2.24) is 0 Å². The summed E-state index contributed by atoms with van der Waals surface area (Å²) in [5.41, 5.74) is 23.7. The molecule has 0 spiro atoms. The molecule has 0 saturated carbocycles. The number of anilines is 6. The van der Waals surface area contributed by atoms with Crippen LogP contribution in [0.5, 0.6) is 0 Å². The minimum absolute atomic E-state index is 0.940. The van der Waals surface area contributed by atoms with Gasteiger partial charge in [-0.1, -0.05) is 293 Å². The molecule has 2 heteroatoms. The quantitative estimate of drug-likeness (QED) is 0.0554. The Labute approximate surface area is 487 Å². The molecule has 0 saturated heterocycles. The average Bonchev–Trinajstić information content (AvgIpc) is 3.61. The van der Waals surface area contributed by atoms with Crippen molar-refractivity contribution in [1.29, 1.82) is 0 Å². The predicted molar refractivity (Wildman–Crippen MR) is 359 cm³/mol. The van der Waals surface area contributed by atoms with E-state index in [1.165, 1.54) is 67.0 Å². The maximum absolute atomic E-state index is 2.40. The van der Waals surface area contributed by atoms with E-state index >= 15 is 0 Å². The molecule has 0 radical (unpaired) electrons. The second-order valence-electron chi connectivity index (χ2n) is 20.5. The number of aryl methyl sites for hydroxylation is 4. The molecule has 2 nitrogen and oxygen atoms in total. The van der Waals surface area contributed by atoms with Crippen LogP contribution in [0.15, 0.2) is 267 Å². The summed E-state index contributed by atoms with van der Waals surface area (Å²) >= 11 is 0. The molecular weight excluding hydrogens is 989 g/mol. The smallest absolute Gasteiger partial charge is 0.0522 e. The number of rotatable bonds is 20. The van der Waals surface area contributed by atoms with Crippen LogP contribution in [0.4, 0.5) is 34.1 Å². The first-order chi connectivity index (χ1) is 40.4. The molecule has 0 amide bonds. The fourth-order valence-electron chi connectivity index (χ4n) is 10.2. The number of para-hydroxylation sites is 2. The van der Waals surface area contributed by atoms with Crippen molar-refractivity contribution < 1.29 is 0 Å². The van der Waals surface area contributed by atoms with Crippen LogP contribution in [0, 0.1) is 13.8 Å². The van der Waals surface area contributed by atoms with Crippen LogP contribution in [-0.4, -0.2) is 0 Å². The van der Waals surface area contributed by atoms with E-state index in [1.807, 2.05) is 12.1 Å². The van der Waals surface area contributed by atoms with Crippen molar-refractivity contribution in [3.05, 3.63) is 345 Å². The van der Waals surface area contributed by atoms with Gasteiger partial charge in [0, 0.05) is 22.7 Å². The molecule has 82 heavy (non-hydrogen) atoms. The summed E-state index contributed by atoms with van der Waals surface area (Å²) in [4.78, 5) is 4.81. The van der Waals surface area contributed by atoms with Gasteiger partial charge in [-0.15, -0.1) is 0 Å². The van der Waals surface area contributed by atoms with Crippen molar-refractivity contribution >= 4 is 94.9 Å². The lowest BCUT2D eigenvalue weighted by atomic mass is 10.0. The molecule has 0 unspecified atom stereocenters. The Bertz CT molecular complexity index is 3610. The molecule has 10 aromatic carbocycles. The lowest BCUT2D eigenvalue weighted by molar-refractivity contribution is 1.10. The zero-order valence-corrected chi connectivity index (χ0v) is 47.5. The number of nitrogens with zero attached hydrogens (tertiary/aromatic N) is 2. The normalized spacial score (nSPS) is 11.9. The van der Waals surface area contributed by atoms with Crippen molar-refractivity contribution in [3.8, 4) is 0 Å². The molecule has 10 rings (SSSR count). The molecule has 0 aliphatic carbocycles. The third-order valence-corrected chi connectivity index (χ3v) is 14.7. The molecule has 0 heterocycles. The van der Waals surface area contributed by atoms with E-state index in [0.717, 1.165) is 57.8 Å². The van der Waals surface area contributed by atoms with Crippen molar-refractivity contribution in [2.24, 2.45) is 0 Å². The van der Waals surface area contributed by atoms with E-state index in [9.17, 15) is 0 Å². The number of benzene rings is 10. The Morgan fingerprint density at radius 1 is 0.232 bits per heavy atom. The third kappa shape index (κ3) is 14.6. The van der Waals surface area contributed by atoms with Crippen molar-refractivity contribution in [3.63, 3.8) is 0 Å². The van der Waals surface area contributed by atoms with Crippen LogP contribution in [0.3, 0.4) is 0 Å². The van der Waals surface area contributed by atoms with Crippen LogP contribution in [0.25, 0.3) is 60.8 Å². The summed E-state index contributed by atoms with van der Waals surface area (Å²) in [5.74, 6) is 0. The zero-order valence-electron chi connectivity index (χ0n) is 47.5. The second kappa shape index (κ2) is 27.7. The summed E-state index contributed by atoms with van der Waals surface area (Å²) in [7, 11) is 0. The van der Waals surface area contributed by atoms with Gasteiger partial charge in [-0.2, -0.15) is 0 Å². The van der Waals surface area contributed by atoms with Gasteiger partial charge < -0.3 is 9.80 Å². The summed E-state index contributed by atoms with van der Waals surface area (Å²) in [6.07, 6.45) is 31.9. The Balaban J connectivity index is 0.786. The van der Waals surface area contributed by atoms with E-state index in [2.05, 4.69) is 353 Å². The molecular formula is C80H70N2. The Kier molecular flexibility index (Phi) is 18.7. The average molecular weight is 1060 g/mol. The minimum Gasteiger partial charge on any atom is -0.310 e. The van der Waals surface area contributed by atoms with Gasteiger partial charge >= 0.3 is 0 Å². The van der Waals surface area contributed by atoms with Gasteiger partial charge in [0.05, 0.1) is 11.4 Å². The molecule has 0 aliphatic heterocycles. The standard InChI is InChI=1S/C80H70N2/c1-5-73-27-17-19-61(3)79(73)81(77-57-49-71(50-58-77)43-41-69-37-33-67(34-38-69)31-29-63-21-13-9-14-22-63)75-53-45-65(46-54-75)25-11-7-8-12-26-66-47-55-76(56-48-66)82(80-62(4)20-18-28-74(80)6-2)78-59-51-72(52-60-78)44-42-70-39-35-68(36-40-70)32-30-64-23-15-10-16-24-64/h7-60H,5-6H2,1-4H3/b8-7+,25-11+,26-12+,31-29+,32-30+,43-41+,44-42+. The molecule has 400 valence electrons. The topological polar surface area (TPSA) is 6.48 Å². The Morgan fingerprint density at radius 3 is 0.720 bits per heavy atom. The Morgan fingerprint density at radius 2 is 0.463 bits per heavy atom. The summed E-state index contributed by atoms with van der Waals surface area (Å²) in [6, 6.07) is 86.9. The first kappa shape index (κ1) is 55.3. The lowest BCUT2D eigenvalue weighted by Gasteiger charge is -2.29. The van der Waals surface area contributed by atoms with Gasteiger partial charge in [0.1, 0.15) is 0 Å². The lowest BCUT2D eigenvalue weighted by Crippen LogP contribution is -2.13. The fraction of sp³-hybridized carbons (Fsp3) is 0.0750. The van der Waals surface area contributed by atoms with E-state index in [-0.39, 0.29) is 0 Å². The summed E-state index contributed by atoms with van der Waals surface area (Å²) < 4.78 is 0. The zero-order chi connectivity index (χ0) is 56.3. The molecule has 0 fully saturated rings. The van der Waals surface area contributed by atoms with E-state index in [1.54, 1.807) is 0 Å². The highest BCUT2D eigenvalue weighted by Crippen LogP contribution is 2.41. The maximum Gasteiger partial charge on any atom is 0.0522 e. The first-order valence-electron chi connectivity index (χ1n) is 28.6. The number of hydrogen-bond donors (Lipinski definition) is 0. The van der Waals surface area contributed by atoms with E-state index in [4.69, 9.17) is 0 Å². The second-order valence-corrected chi connectivity index (χ2v) is 20.5. The highest BCUT2D eigenvalue weighted by atomic mass is 15.2. The maximum atomic E-state index is 2.40. The predicted octanol–water partition coefficient (Wildman–Crippen LogP) is 22.3. The fourth-order valence-corrected chi connectivity index (χ4v) is 10.2. The van der Waals surface area contributed by atoms with Gasteiger partial charge in [0.25, 0.3) is 0 Å². The largest absolute Gasteiger partial charge is 0.310 e. The molecule has 0 bridgehead atoms.